The summed E-state index contributed by atoms with van der Waals surface area (Å²) in [6.07, 6.45) is 2.89. The summed E-state index contributed by atoms with van der Waals surface area (Å²) >= 11 is 0. The molecular formula is C20H20O6. The fourth-order valence-corrected chi connectivity index (χ4v) is 2.24. The van der Waals surface area contributed by atoms with Crippen LogP contribution in [0.25, 0.3) is 6.08 Å². The standard InChI is InChI=1S/C20H20O6/c1-23-17-11-15(12-18(24-2)20(17)25-3)16(21)13-26-19(22)10-9-14-7-5-4-6-8-14/h4-12H,13H2,1-3H3. The van der Waals surface area contributed by atoms with Gasteiger partial charge in [-0.1, -0.05) is 30.3 Å². The van der Waals surface area contributed by atoms with Crippen molar-refractivity contribution >= 4 is 17.8 Å². The van der Waals surface area contributed by atoms with E-state index in [1.165, 1.54) is 39.5 Å². The Bertz CT molecular complexity index is 770. The largest absolute Gasteiger partial charge is 0.493 e. The number of benzene rings is 2. The first-order chi connectivity index (χ1) is 12.6. The molecule has 2 aromatic carbocycles. The third-order valence-corrected chi connectivity index (χ3v) is 3.54. The van der Waals surface area contributed by atoms with Crippen LogP contribution >= 0.6 is 0 Å². The molecular weight excluding hydrogens is 336 g/mol. The second-order valence-electron chi connectivity index (χ2n) is 5.19. The number of ketones is 1. The Morgan fingerprint density at radius 1 is 0.923 bits per heavy atom. The molecule has 2 rings (SSSR count). The van der Waals surface area contributed by atoms with Gasteiger partial charge in [-0.3, -0.25) is 4.79 Å². The van der Waals surface area contributed by atoms with E-state index in [9.17, 15) is 9.59 Å². The summed E-state index contributed by atoms with van der Waals surface area (Å²) in [5.41, 5.74) is 1.15. The molecule has 0 aromatic heterocycles. The van der Waals surface area contributed by atoms with Gasteiger partial charge in [-0.15, -0.1) is 0 Å². The molecule has 0 saturated carbocycles. The van der Waals surface area contributed by atoms with Crippen molar-refractivity contribution in [2.24, 2.45) is 0 Å². The average Bonchev–Trinajstić information content (AvgIpc) is 2.69. The normalized spacial score (nSPS) is 10.4. The van der Waals surface area contributed by atoms with E-state index in [4.69, 9.17) is 18.9 Å². The molecule has 0 aliphatic heterocycles. The number of methoxy groups -OCH3 is 3. The lowest BCUT2D eigenvalue weighted by molar-refractivity contribution is -0.136. The molecule has 0 bridgehead atoms. The van der Waals surface area contributed by atoms with Crippen molar-refractivity contribution in [2.45, 2.75) is 0 Å². The third kappa shape index (κ3) is 4.86. The van der Waals surface area contributed by atoms with Crippen LogP contribution in [-0.2, 0) is 9.53 Å². The summed E-state index contributed by atoms with van der Waals surface area (Å²) in [5, 5.41) is 0. The van der Waals surface area contributed by atoms with Crippen molar-refractivity contribution in [3.8, 4) is 17.2 Å². The molecule has 0 unspecified atom stereocenters. The van der Waals surface area contributed by atoms with Crippen LogP contribution in [-0.4, -0.2) is 39.7 Å². The maximum atomic E-state index is 12.3. The molecule has 0 atom stereocenters. The van der Waals surface area contributed by atoms with Crippen LogP contribution in [0.5, 0.6) is 17.2 Å². The van der Waals surface area contributed by atoms with Crippen molar-refractivity contribution in [1.82, 2.24) is 0 Å². The van der Waals surface area contributed by atoms with E-state index in [0.29, 0.717) is 22.8 Å². The van der Waals surface area contributed by atoms with E-state index in [2.05, 4.69) is 0 Å². The van der Waals surface area contributed by atoms with E-state index >= 15 is 0 Å². The van der Waals surface area contributed by atoms with Crippen molar-refractivity contribution in [2.75, 3.05) is 27.9 Å². The molecule has 0 fully saturated rings. The minimum Gasteiger partial charge on any atom is -0.493 e. The smallest absolute Gasteiger partial charge is 0.331 e. The first-order valence-corrected chi connectivity index (χ1v) is 7.82. The van der Waals surface area contributed by atoms with Crippen LogP contribution in [0, 0.1) is 0 Å². The second kappa shape index (κ2) is 9.27. The summed E-state index contributed by atoms with van der Waals surface area (Å²) in [5.74, 6) is 0.102. The minimum absolute atomic E-state index is 0.291. The lowest BCUT2D eigenvalue weighted by Gasteiger charge is -2.13. The fraction of sp³-hybridized carbons (Fsp3) is 0.200. The zero-order valence-corrected chi connectivity index (χ0v) is 14.9. The quantitative estimate of drug-likeness (QED) is 0.411. The van der Waals surface area contributed by atoms with E-state index in [0.717, 1.165) is 5.56 Å². The number of hydrogen-bond donors (Lipinski definition) is 0. The summed E-state index contributed by atoms with van der Waals surface area (Å²) in [7, 11) is 4.39. The zero-order chi connectivity index (χ0) is 18.9. The van der Waals surface area contributed by atoms with Gasteiger partial charge in [0.15, 0.2) is 18.1 Å². The molecule has 0 radical (unpaired) electrons. The van der Waals surface area contributed by atoms with Gasteiger partial charge in [-0.25, -0.2) is 4.79 Å². The average molecular weight is 356 g/mol. The maximum Gasteiger partial charge on any atom is 0.331 e. The Hall–Kier alpha value is -3.28. The third-order valence-electron chi connectivity index (χ3n) is 3.54. The van der Waals surface area contributed by atoms with Crippen LogP contribution in [0.3, 0.4) is 0 Å². The topological polar surface area (TPSA) is 71.1 Å². The monoisotopic (exact) mass is 356 g/mol. The summed E-state index contributed by atoms with van der Waals surface area (Å²) < 4.78 is 20.6. The first-order valence-electron chi connectivity index (χ1n) is 7.82. The number of esters is 1. The fourth-order valence-electron chi connectivity index (χ4n) is 2.24. The Morgan fingerprint density at radius 3 is 2.08 bits per heavy atom. The molecule has 0 saturated heterocycles. The molecule has 6 nitrogen and oxygen atoms in total. The predicted octanol–water partition coefficient (Wildman–Crippen LogP) is 3.15. The molecule has 6 heteroatoms. The molecule has 0 aliphatic carbocycles. The van der Waals surface area contributed by atoms with Gasteiger partial charge in [-0.05, 0) is 23.8 Å². The van der Waals surface area contributed by atoms with Crippen LogP contribution < -0.4 is 14.2 Å². The van der Waals surface area contributed by atoms with Crippen molar-refractivity contribution in [3.63, 3.8) is 0 Å². The molecule has 0 N–H and O–H groups in total. The van der Waals surface area contributed by atoms with Crippen LogP contribution in [0.4, 0.5) is 0 Å². The zero-order valence-electron chi connectivity index (χ0n) is 14.9. The summed E-state index contributed by atoms with van der Waals surface area (Å²) in [6, 6.07) is 12.3. The first kappa shape index (κ1) is 19.1. The molecule has 2 aromatic rings. The second-order valence-corrected chi connectivity index (χ2v) is 5.19. The van der Waals surface area contributed by atoms with Crippen LogP contribution in [0.1, 0.15) is 15.9 Å². The van der Waals surface area contributed by atoms with E-state index in [-0.39, 0.29) is 5.78 Å². The highest BCUT2D eigenvalue weighted by Crippen LogP contribution is 2.38. The van der Waals surface area contributed by atoms with Crippen LogP contribution in [0.2, 0.25) is 0 Å². The lowest BCUT2D eigenvalue weighted by atomic mass is 10.1. The Kier molecular flexibility index (Phi) is 6.79. The molecule has 26 heavy (non-hydrogen) atoms. The van der Waals surface area contributed by atoms with E-state index in [1.807, 2.05) is 30.3 Å². The highest BCUT2D eigenvalue weighted by atomic mass is 16.5. The SMILES string of the molecule is COc1cc(C(=O)COC(=O)C=Cc2ccccc2)cc(OC)c1OC. The van der Waals surface area contributed by atoms with Gasteiger partial charge in [0, 0.05) is 11.6 Å². The highest BCUT2D eigenvalue weighted by molar-refractivity contribution is 6.00. The number of carbonyl (C=O) groups is 2. The molecule has 136 valence electrons. The van der Waals surface area contributed by atoms with Gasteiger partial charge < -0.3 is 18.9 Å². The summed E-state index contributed by atoms with van der Waals surface area (Å²) in [4.78, 5) is 24.1. The van der Waals surface area contributed by atoms with Crippen molar-refractivity contribution in [3.05, 3.63) is 59.7 Å². The van der Waals surface area contributed by atoms with Gasteiger partial charge in [0.25, 0.3) is 0 Å². The van der Waals surface area contributed by atoms with Gasteiger partial charge in [-0.2, -0.15) is 0 Å². The predicted molar refractivity (Wildman–Crippen MR) is 96.9 cm³/mol. The maximum absolute atomic E-state index is 12.3. The number of rotatable bonds is 8. The number of hydrogen-bond acceptors (Lipinski definition) is 6. The minimum atomic E-state index is -0.602. The molecule has 0 spiro atoms. The number of Topliss-reactive ketones (excluding diaryl/α,β-unsaturated/α-hetero) is 1. The Labute approximate surface area is 151 Å². The van der Waals surface area contributed by atoms with E-state index < -0.39 is 12.6 Å². The Balaban J connectivity index is 2.03. The molecule has 0 aliphatic rings. The van der Waals surface area contributed by atoms with Gasteiger partial charge in [0.2, 0.25) is 11.5 Å². The number of ether oxygens (including phenoxy) is 4. The van der Waals surface area contributed by atoms with Crippen LogP contribution in [0.15, 0.2) is 48.5 Å². The van der Waals surface area contributed by atoms with Gasteiger partial charge in [0.05, 0.1) is 21.3 Å². The van der Waals surface area contributed by atoms with Gasteiger partial charge >= 0.3 is 5.97 Å². The van der Waals surface area contributed by atoms with Crippen molar-refractivity contribution in [1.29, 1.82) is 0 Å². The highest BCUT2D eigenvalue weighted by Gasteiger charge is 2.17. The van der Waals surface area contributed by atoms with E-state index in [1.54, 1.807) is 6.08 Å². The number of carbonyl (C=O) groups excluding carboxylic acids is 2. The Morgan fingerprint density at radius 2 is 1.54 bits per heavy atom. The summed E-state index contributed by atoms with van der Waals surface area (Å²) in [6.45, 7) is -0.392. The lowest BCUT2D eigenvalue weighted by Crippen LogP contribution is -2.13. The van der Waals surface area contributed by atoms with Gasteiger partial charge in [0.1, 0.15) is 0 Å². The molecule has 0 heterocycles. The van der Waals surface area contributed by atoms with Crippen molar-refractivity contribution < 1.29 is 28.5 Å². The molecule has 0 amide bonds.